The molecule has 0 saturated carbocycles. The molecule has 17 nitrogen and oxygen atoms in total. The van der Waals surface area contributed by atoms with E-state index in [-0.39, 0.29) is 25.7 Å². The van der Waals surface area contributed by atoms with Crippen LogP contribution in [0.4, 0.5) is 0 Å². The fourth-order valence-electron chi connectivity index (χ4n) is 9.82. The first-order chi connectivity index (χ1) is 50.7. The van der Waals surface area contributed by atoms with E-state index in [0.717, 1.165) is 193 Å². The molecule has 4 unspecified atom stereocenters. The van der Waals surface area contributed by atoms with Gasteiger partial charge in [0, 0.05) is 25.7 Å². The van der Waals surface area contributed by atoms with Crippen molar-refractivity contribution in [3.05, 3.63) is 170 Å². The van der Waals surface area contributed by atoms with Gasteiger partial charge in [-0.3, -0.25) is 37.3 Å². The number of carbonyl (C=O) groups excluding carboxylic acids is 4. The van der Waals surface area contributed by atoms with Crippen LogP contribution >= 0.6 is 15.6 Å². The van der Waals surface area contributed by atoms with Crippen molar-refractivity contribution < 1.29 is 80.2 Å². The summed E-state index contributed by atoms with van der Waals surface area (Å²) < 4.78 is 68.5. The smallest absolute Gasteiger partial charge is 0.462 e. The van der Waals surface area contributed by atoms with Crippen molar-refractivity contribution in [3.8, 4) is 0 Å². The molecule has 0 aromatic carbocycles. The third-order valence-electron chi connectivity index (χ3n) is 15.7. The molecule has 0 amide bonds. The third-order valence-corrected chi connectivity index (χ3v) is 17.6. The second-order valence-corrected chi connectivity index (χ2v) is 28.4. The highest BCUT2D eigenvalue weighted by atomic mass is 31.2. The lowest BCUT2D eigenvalue weighted by molar-refractivity contribution is -0.161. The van der Waals surface area contributed by atoms with Crippen LogP contribution in [0.2, 0.25) is 0 Å². The van der Waals surface area contributed by atoms with Crippen molar-refractivity contribution in [1.29, 1.82) is 0 Å². The van der Waals surface area contributed by atoms with Crippen LogP contribution in [0.15, 0.2) is 170 Å². The highest BCUT2D eigenvalue weighted by Crippen LogP contribution is 2.45. The predicted octanol–water partition coefficient (Wildman–Crippen LogP) is 23.0. The summed E-state index contributed by atoms with van der Waals surface area (Å²) in [6.07, 6.45) is 89.1. The van der Waals surface area contributed by atoms with E-state index in [9.17, 15) is 43.2 Å². The normalized spacial score (nSPS) is 14.8. The Bertz CT molecular complexity index is 2460. The van der Waals surface area contributed by atoms with E-state index < -0.39 is 97.5 Å². The van der Waals surface area contributed by atoms with E-state index >= 15 is 0 Å². The lowest BCUT2D eigenvalue weighted by atomic mass is 10.1. The first-order valence-electron chi connectivity index (χ1n) is 39.4. The molecule has 19 heteroatoms. The lowest BCUT2D eigenvalue weighted by Crippen LogP contribution is -2.30. The zero-order valence-electron chi connectivity index (χ0n) is 64.4. The van der Waals surface area contributed by atoms with Crippen LogP contribution in [0.1, 0.15) is 285 Å². The Morgan fingerprint density at radius 1 is 0.269 bits per heavy atom. The maximum absolute atomic E-state index is 13.1. The van der Waals surface area contributed by atoms with Crippen LogP contribution in [0.3, 0.4) is 0 Å². The minimum atomic E-state index is -5.00. The van der Waals surface area contributed by atoms with E-state index in [0.29, 0.717) is 38.5 Å². The molecule has 0 aromatic rings. The van der Waals surface area contributed by atoms with E-state index in [1.807, 2.05) is 0 Å². The number of aliphatic hydroxyl groups is 1. The molecule has 3 N–H and O–H groups in total. The van der Waals surface area contributed by atoms with Gasteiger partial charge in [-0.15, -0.1) is 0 Å². The van der Waals surface area contributed by atoms with Gasteiger partial charge in [-0.05, 0) is 167 Å². The lowest BCUT2D eigenvalue weighted by Gasteiger charge is -2.21. The molecule has 0 radical (unpaired) electrons. The summed E-state index contributed by atoms with van der Waals surface area (Å²) in [5.41, 5.74) is 0. The molecule has 0 aliphatic rings. The molecule has 0 bridgehead atoms. The van der Waals surface area contributed by atoms with Gasteiger partial charge in [-0.2, -0.15) is 0 Å². The molecule has 0 aliphatic carbocycles. The number of carbonyl (C=O) groups is 4. The summed E-state index contributed by atoms with van der Waals surface area (Å²) in [4.78, 5) is 73.0. The molecular weight excluding hydrogens is 1350 g/mol. The van der Waals surface area contributed by atoms with Gasteiger partial charge < -0.3 is 33.8 Å². The van der Waals surface area contributed by atoms with Gasteiger partial charge in [0.2, 0.25) is 0 Å². The second kappa shape index (κ2) is 75.6. The summed E-state index contributed by atoms with van der Waals surface area (Å²) in [6.45, 7) is 4.29. The van der Waals surface area contributed by atoms with Crippen molar-refractivity contribution in [2.75, 3.05) is 39.6 Å². The number of hydrogen-bond donors (Lipinski definition) is 3. The molecule has 0 spiro atoms. The van der Waals surface area contributed by atoms with Crippen molar-refractivity contribution in [1.82, 2.24) is 0 Å². The molecule has 0 saturated heterocycles. The van der Waals surface area contributed by atoms with E-state index in [1.54, 1.807) is 0 Å². The van der Waals surface area contributed by atoms with Crippen LogP contribution in [-0.4, -0.2) is 96.7 Å². The monoisotopic (exact) mass is 1490 g/mol. The average molecular weight is 1490 g/mol. The maximum atomic E-state index is 13.1. The Morgan fingerprint density at radius 3 is 0.740 bits per heavy atom. The first-order valence-corrected chi connectivity index (χ1v) is 42.4. The Morgan fingerprint density at radius 2 is 0.471 bits per heavy atom. The Hall–Kier alpha value is -5.58. The SMILES string of the molecule is CC/C=C\C/C=C\C/C=C\C/C=C\CCCCC(=O)OC(COC(=O)CCCCCCCCC/C=C\C/C=C\C/C=C\CC)COP(=O)(O)OCC(O)COP(=O)(O)OCC(COC(=O)CCCCCCCCC/C=C\C/C=C\C/C=C\CC)OC(=O)CCCC/C=C\C/C=C\C/C=C\C/C=C\CC. The molecule has 0 aliphatic heterocycles. The van der Waals surface area contributed by atoms with Crippen LogP contribution in [0, 0.1) is 0 Å². The fraction of sp³-hybridized carbons (Fsp3) is 0.624. The van der Waals surface area contributed by atoms with Crippen LogP contribution in [0.25, 0.3) is 0 Å². The minimum absolute atomic E-state index is 0.0335. The number of unbranched alkanes of at least 4 members (excludes halogenated alkanes) is 18. The number of phosphoric ester groups is 2. The van der Waals surface area contributed by atoms with Crippen LogP contribution < -0.4 is 0 Å². The molecule has 590 valence electrons. The van der Waals surface area contributed by atoms with Crippen LogP contribution in [0.5, 0.6) is 0 Å². The number of allylic oxidation sites excluding steroid dienone is 28. The Kier molecular flexibility index (Phi) is 71.6. The van der Waals surface area contributed by atoms with Crippen molar-refractivity contribution >= 4 is 39.5 Å². The summed E-state index contributed by atoms with van der Waals surface area (Å²) in [7, 11) is -10.0. The van der Waals surface area contributed by atoms with E-state index in [4.69, 9.17) is 37.0 Å². The summed E-state index contributed by atoms with van der Waals surface area (Å²) >= 11 is 0. The second-order valence-electron chi connectivity index (χ2n) is 25.5. The zero-order valence-corrected chi connectivity index (χ0v) is 66.2. The quantitative estimate of drug-likeness (QED) is 0.0169. The molecule has 0 rings (SSSR count). The average Bonchev–Trinajstić information content (AvgIpc) is 1.21. The van der Waals surface area contributed by atoms with Gasteiger partial charge >= 0.3 is 39.5 Å². The molecule has 0 aromatic heterocycles. The Balaban J connectivity index is 5.45. The Labute approximate surface area is 629 Å². The summed E-state index contributed by atoms with van der Waals surface area (Å²) in [5.74, 6) is -2.30. The molecule has 104 heavy (non-hydrogen) atoms. The first kappa shape index (κ1) is 98.4. The molecule has 4 atom stereocenters. The predicted molar refractivity (Wildman–Crippen MR) is 426 cm³/mol. The maximum Gasteiger partial charge on any atom is 0.472 e. The number of hydrogen-bond acceptors (Lipinski definition) is 15. The van der Waals surface area contributed by atoms with Gasteiger partial charge in [0.25, 0.3) is 0 Å². The fourth-order valence-corrected chi connectivity index (χ4v) is 11.4. The number of rotatable bonds is 72. The topological polar surface area (TPSA) is 237 Å². The molecular formula is C85H138O17P2. The largest absolute Gasteiger partial charge is 0.472 e. The highest BCUT2D eigenvalue weighted by Gasteiger charge is 2.30. The number of aliphatic hydroxyl groups excluding tert-OH is 1. The van der Waals surface area contributed by atoms with E-state index in [2.05, 4.69) is 198 Å². The standard InChI is InChI=1S/C85H138O17P2/c1-5-9-13-17-21-25-29-33-37-39-43-45-49-53-57-61-65-69-82(87)95-75-80(101-84(89)71-67-63-59-55-51-47-41-35-31-27-23-19-15-11-7-3)77-99-103(91,92)97-73-79(86)74-98-104(93,94)100-78-81(102-85(90)72-68-64-60-56-52-48-42-36-32-28-24-20-16-12-8-4)76-96-83(88)70-66-62-58-54-50-46-44-40-38-34-30-26-22-18-14-10-6-2/h9-16,21-28,33-38,41-42,51-52,55-56,79-81,86H,5-8,17-20,29-32,39-40,43-50,53-54,57-78H2,1-4H3,(H,91,92)(H,93,94)/b13-9-,14-10-,15-11-,16-12-,25-21-,26-22-,27-23-,28-24-,37-33-,38-34-,41-35-,42-36-,55-51-,56-52-. The van der Waals surface area contributed by atoms with Crippen molar-refractivity contribution in [2.45, 2.75) is 303 Å². The molecule has 0 heterocycles. The van der Waals surface area contributed by atoms with Crippen molar-refractivity contribution in [3.63, 3.8) is 0 Å². The summed E-state index contributed by atoms with van der Waals surface area (Å²) in [5, 5.41) is 10.6. The zero-order chi connectivity index (χ0) is 76.0. The van der Waals surface area contributed by atoms with Gasteiger partial charge in [-0.25, -0.2) is 9.13 Å². The van der Waals surface area contributed by atoms with Crippen molar-refractivity contribution in [2.24, 2.45) is 0 Å². The summed E-state index contributed by atoms with van der Waals surface area (Å²) in [6, 6.07) is 0. The minimum Gasteiger partial charge on any atom is -0.462 e. The third kappa shape index (κ3) is 74.7. The number of esters is 4. The molecule has 0 fully saturated rings. The van der Waals surface area contributed by atoms with Gasteiger partial charge in [0.1, 0.15) is 19.3 Å². The number of phosphoric acid groups is 2. The highest BCUT2D eigenvalue weighted by molar-refractivity contribution is 7.47. The van der Waals surface area contributed by atoms with Gasteiger partial charge in [-0.1, -0.05) is 262 Å². The number of ether oxygens (including phenoxy) is 4. The van der Waals surface area contributed by atoms with E-state index in [1.165, 1.54) is 0 Å². The van der Waals surface area contributed by atoms with Crippen LogP contribution in [-0.2, 0) is 65.4 Å². The van der Waals surface area contributed by atoms with Gasteiger partial charge in [0.15, 0.2) is 12.2 Å². The van der Waals surface area contributed by atoms with Gasteiger partial charge in [0.05, 0.1) is 26.4 Å².